The molecule has 0 aliphatic rings. The lowest BCUT2D eigenvalue weighted by Gasteiger charge is -2.31. The second-order valence-corrected chi connectivity index (χ2v) is 20.2. The van der Waals surface area contributed by atoms with Crippen LogP contribution in [0.25, 0.3) is 0 Å². The molecular weight excluding hydrogens is 927 g/mol. The maximum atomic E-state index is 13.2. The predicted molar refractivity (Wildman–Crippen MR) is 126 cm³/mol. The molecule has 0 amide bonds. The van der Waals surface area contributed by atoms with Crippen molar-refractivity contribution < 1.29 is 130 Å². The first-order chi connectivity index (χ1) is 22.2. The quantitative estimate of drug-likeness (QED) is 0.212. The predicted octanol–water partition coefficient (Wildman–Crippen LogP) is 1.29. The number of alkyl halides is 18. The standard InChI is InChI=1S/C12H12F18N4O12S6/c13-7(14,15)47(35,36)31(3-5-33(49(39,40)9(19,20)21)50(41,42)10(22,23)24)1-2-32(48(37,38)8(16,17)18)4-6-34(51(43,44)11(25,26)27)52(45,46)12(28,29)30/h1-6H2. The fourth-order valence-electron chi connectivity index (χ4n) is 2.81. The minimum absolute atomic E-state index is 1.78. The molecule has 0 aliphatic carbocycles. The highest BCUT2D eigenvalue weighted by Gasteiger charge is 2.63. The minimum Gasteiger partial charge on any atom is -0.203 e. The number of halogens is 18. The van der Waals surface area contributed by atoms with Gasteiger partial charge in [-0.25, -0.2) is 50.5 Å². The van der Waals surface area contributed by atoms with Gasteiger partial charge in [0, 0.05) is 39.3 Å². The third-order valence-electron chi connectivity index (χ3n) is 5.17. The molecule has 0 rings (SSSR count). The SMILES string of the molecule is O=S(=O)(N(CCN(CCN(S(=O)(=O)C(F)(F)F)S(=O)(=O)C(F)(F)F)S(=O)(=O)C(F)(F)F)CCN(S(=O)(=O)C(F)(F)F)S(=O)(=O)C(F)(F)F)C(F)(F)F. The van der Waals surface area contributed by atoms with Crippen LogP contribution in [0.15, 0.2) is 0 Å². The average Bonchev–Trinajstić information content (AvgIpc) is 2.84. The Hall–Kier alpha value is -1.72. The van der Waals surface area contributed by atoms with E-state index in [2.05, 4.69) is 0 Å². The van der Waals surface area contributed by atoms with Crippen molar-refractivity contribution in [2.45, 2.75) is 33.0 Å². The fraction of sp³-hybridized carbons (Fsp3) is 1.00. The van der Waals surface area contributed by atoms with Gasteiger partial charge in [0.1, 0.15) is 0 Å². The number of hydrogen-bond donors (Lipinski definition) is 0. The highest BCUT2D eigenvalue weighted by Crippen LogP contribution is 2.37. The van der Waals surface area contributed by atoms with Crippen molar-refractivity contribution in [2.24, 2.45) is 0 Å². The van der Waals surface area contributed by atoms with E-state index >= 15 is 0 Å². The fourth-order valence-corrected chi connectivity index (χ4v) is 9.97. The summed E-state index contributed by atoms with van der Waals surface area (Å²) in [5, 5.41) is 0. The van der Waals surface area contributed by atoms with Gasteiger partial charge < -0.3 is 0 Å². The Balaban J connectivity index is 7.42. The highest BCUT2D eigenvalue weighted by atomic mass is 32.3. The van der Waals surface area contributed by atoms with Crippen LogP contribution in [0.2, 0.25) is 0 Å². The molecule has 0 radical (unpaired) electrons. The van der Waals surface area contributed by atoms with Crippen LogP contribution in [0.1, 0.15) is 0 Å². The van der Waals surface area contributed by atoms with Crippen molar-refractivity contribution in [3.8, 4) is 0 Å². The molecule has 0 heterocycles. The van der Waals surface area contributed by atoms with Gasteiger partial charge in [0.2, 0.25) is 0 Å². The molecule has 0 N–H and O–H groups in total. The topological polar surface area (TPSA) is 218 Å². The largest absolute Gasteiger partial charge is 0.512 e. The molecule has 0 saturated heterocycles. The average molecular weight is 939 g/mol. The molecule has 0 atom stereocenters. The number of rotatable bonds is 15. The van der Waals surface area contributed by atoms with E-state index in [1.165, 1.54) is 0 Å². The summed E-state index contributed by atoms with van der Waals surface area (Å²) in [6, 6.07) is 0. The van der Waals surface area contributed by atoms with Gasteiger partial charge in [-0.3, -0.25) is 0 Å². The Morgan fingerprint density at radius 3 is 0.519 bits per heavy atom. The van der Waals surface area contributed by atoms with E-state index in [1.54, 1.807) is 0 Å². The van der Waals surface area contributed by atoms with Crippen LogP contribution in [0.5, 0.6) is 0 Å². The van der Waals surface area contributed by atoms with Gasteiger partial charge in [-0.15, -0.1) is 0 Å². The zero-order chi connectivity index (χ0) is 42.6. The van der Waals surface area contributed by atoms with Gasteiger partial charge in [0.15, 0.2) is 0 Å². The van der Waals surface area contributed by atoms with E-state index in [0.717, 1.165) is 0 Å². The third kappa shape index (κ3) is 10.1. The molecule has 0 aromatic carbocycles. The Kier molecular flexibility index (Phi) is 14.3. The smallest absolute Gasteiger partial charge is 0.203 e. The molecule has 0 fully saturated rings. The molecule has 0 unspecified atom stereocenters. The highest BCUT2D eigenvalue weighted by molar-refractivity contribution is 8.05. The summed E-state index contributed by atoms with van der Waals surface area (Å²) < 4.78 is 365. The van der Waals surface area contributed by atoms with Crippen molar-refractivity contribution in [3.05, 3.63) is 0 Å². The lowest BCUT2D eigenvalue weighted by Crippen LogP contribution is -2.55. The van der Waals surface area contributed by atoms with E-state index in [0.29, 0.717) is 0 Å². The van der Waals surface area contributed by atoms with Gasteiger partial charge in [-0.05, 0) is 0 Å². The zero-order valence-corrected chi connectivity index (χ0v) is 28.1. The molecule has 0 bridgehead atoms. The van der Waals surface area contributed by atoms with Gasteiger partial charge in [0.25, 0.3) is 0 Å². The minimum atomic E-state index is -7.94. The maximum Gasteiger partial charge on any atom is 0.512 e. The molecule has 0 aromatic rings. The molecule has 16 nitrogen and oxygen atoms in total. The molecule has 40 heteroatoms. The Bertz CT molecular complexity index is 1730. The molecule has 0 spiro atoms. The lowest BCUT2D eigenvalue weighted by atomic mass is 10.5. The van der Waals surface area contributed by atoms with Crippen molar-refractivity contribution >= 4 is 60.1 Å². The Labute approximate surface area is 277 Å². The van der Waals surface area contributed by atoms with Gasteiger partial charge >= 0.3 is 93.2 Å². The van der Waals surface area contributed by atoms with Gasteiger partial charge in [0.05, 0.1) is 0 Å². The summed E-state index contributed by atoms with van der Waals surface area (Å²) in [5.74, 6) is 0. The molecular formula is C12H12F18N4O12S6. The normalized spacial score (nSPS) is 16.0. The monoisotopic (exact) mass is 938 g/mol. The number of sulfonamides is 6. The first-order valence-electron chi connectivity index (χ1n) is 11.1. The summed E-state index contributed by atoms with van der Waals surface area (Å²) >= 11 is 0. The van der Waals surface area contributed by atoms with Crippen molar-refractivity contribution in [1.82, 2.24) is 16.0 Å². The van der Waals surface area contributed by atoms with E-state index in [-0.39, 0.29) is 0 Å². The number of hydrogen-bond acceptors (Lipinski definition) is 12. The van der Waals surface area contributed by atoms with E-state index in [4.69, 9.17) is 0 Å². The van der Waals surface area contributed by atoms with Crippen LogP contribution in [0, 0.1) is 0 Å². The summed E-state index contributed by atoms with van der Waals surface area (Å²) in [6.45, 7) is -18.2. The van der Waals surface area contributed by atoms with Crippen molar-refractivity contribution in [2.75, 3.05) is 39.3 Å². The molecule has 0 aromatic heterocycles. The van der Waals surface area contributed by atoms with Crippen LogP contribution < -0.4 is 0 Å². The lowest BCUT2D eigenvalue weighted by molar-refractivity contribution is -0.0550. The molecule has 52 heavy (non-hydrogen) atoms. The summed E-state index contributed by atoms with van der Waals surface area (Å²) in [6.07, 6.45) is 0. The van der Waals surface area contributed by atoms with Crippen molar-refractivity contribution in [3.63, 3.8) is 0 Å². The first kappa shape index (κ1) is 50.3. The van der Waals surface area contributed by atoms with Crippen LogP contribution in [0.4, 0.5) is 79.0 Å². The summed E-state index contributed by atoms with van der Waals surface area (Å²) in [4.78, 5) is 0. The number of nitrogens with zero attached hydrogens (tertiary/aromatic N) is 4. The van der Waals surface area contributed by atoms with Gasteiger partial charge in [-0.1, -0.05) is 7.42 Å². The van der Waals surface area contributed by atoms with E-state index in [9.17, 15) is 130 Å². The van der Waals surface area contributed by atoms with Crippen LogP contribution in [-0.4, -0.2) is 139 Å². The summed E-state index contributed by atoms with van der Waals surface area (Å²) in [7, 11) is -46.8. The zero-order valence-electron chi connectivity index (χ0n) is 23.2. The third-order valence-corrected chi connectivity index (χ3v) is 16.0. The molecule has 314 valence electrons. The Morgan fingerprint density at radius 1 is 0.250 bits per heavy atom. The first-order valence-corrected chi connectivity index (χ1v) is 19.8. The maximum absolute atomic E-state index is 13.2. The van der Waals surface area contributed by atoms with E-state index < -0.39 is 148 Å². The second-order valence-electron chi connectivity index (χ2n) is 8.50. The van der Waals surface area contributed by atoms with Crippen molar-refractivity contribution in [1.29, 1.82) is 0 Å². The Morgan fingerprint density at radius 2 is 0.385 bits per heavy atom. The second kappa shape index (κ2) is 14.7. The van der Waals surface area contributed by atoms with Crippen LogP contribution in [-0.2, 0) is 60.1 Å². The van der Waals surface area contributed by atoms with Crippen LogP contribution in [0.3, 0.4) is 0 Å². The van der Waals surface area contributed by atoms with Gasteiger partial charge in [-0.2, -0.15) is 87.6 Å². The van der Waals surface area contributed by atoms with Crippen LogP contribution >= 0.6 is 0 Å². The molecule has 0 saturated carbocycles. The molecule has 0 aliphatic heterocycles. The summed E-state index contributed by atoms with van der Waals surface area (Å²) in [5.41, 5.74) is -42.3. The van der Waals surface area contributed by atoms with E-state index in [1.807, 2.05) is 0 Å².